The minimum atomic E-state index is -3.75. The fraction of sp³-hybridized carbons (Fsp3) is 0.630. The number of rotatable bonds is 15. The Kier molecular flexibility index (Phi) is 11.5. The molecule has 0 bridgehead atoms. The van der Waals surface area contributed by atoms with Gasteiger partial charge in [-0.2, -0.15) is 0 Å². The number of carbonyl (C=O) groups excluding carboxylic acids is 4. The van der Waals surface area contributed by atoms with Gasteiger partial charge in [-0.15, -0.1) is 0 Å². The molecule has 1 heterocycles. The molecule has 0 aromatic heterocycles. The third kappa shape index (κ3) is 7.82. The summed E-state index contributed by atoms with van der Waals surface area (Å²) in [4.78, 5) is 53.5. The first-order chi connectivity index (χ1) is 18.3. The molecule has 11 nitrogen and oxygen atoms in total. The van der Waals surface area contributed by atoms with Crippen LogP contribution in [-0.4, -0.2) is 74.9 Å². The Morgan fingerprint density at radius 3 is 1.85 bits per heavy atom. The van der Waals surface area contributed by atoms with Gasteiger partial charge in [-0.1, -0.05) is 27.7 Å². The lowest BCUT2D eigenvalue weighted by Gasteiger charge is -2.28. The van der Waals surface area contributed by atoms with Crippen molar-refractivity contribution in [3.8, 4) is 11.5 Å². The number of benzene rings is 1. The van der Waals surface area contributed by atoms with Crippen molar-refractivity contribution in [3.63, 3.8) is 0 Å². The molecule has 218 valence electrons. The van der Waals surface area contributed by atoms with Gasteiger partial charge in [0.25, 0.3) is 11.8 Å². The molecule has 1 aliphatic heterocycles. The van der Waals surface area contributed by atoms with Gasteiger partial charge in [0.05, 0.1) is 32.0 Å². The maximum atomic E-state index is 14.2. The number of nitrogens with one attached hydrogen (secondary N) is 2. The number of fused-ring (bicyclic) bond motifs is 1. The van der Waals surface area contributed by atoms with Gasteiger partial charge in [-0.05, 0) is 43.7 Å². The zero-order valence-electron chi connectivity index (χ0n) is 24.2. The zero-order chi connectivity index (χ0) is 29.5. The third-order valence-corrected chi connectivity index (χ3v) is 8.86. The highest BCUT2D eigenvalue weighted by molar-refractivity contribution is 7.59. The first-order valence-electron chi connectivity index (χ1n) is 13.2. The molecule has 3 atom stereocenters. The van der Waals surface area contributed by atoms with Gasteiger partial charge in [0.15, 0.2) is 0 Å². The van der Waals surface area contributed by atoms with E-state index in [0.29, 0.717) is 12.8 Å². The van der Waals surface area contributed by atoms with Crippen LogP contribution in [0.4, 0.5) is 0 Å². The van der Waals surface area contributed by atoms with Crippen LogP contribution in [0.1, 0.15) is 68.2 Å². The molecular formula is C27H42N3O8P. The largest absolute Gasteiger partial charge is 0.496 e. The molecule has 2 unspecified atom stereocenters. The maximum absolute atomic E-state index is 14.2. The minimum Gasteiger partial charge on any atom is -0.496 e. The van der Waals surface area contributed by atoms with Crippen molar-refractivity contribution in [3.05, 3.63) is 23.3 Å². The molecule has 0 fully saturated rings. The second kappa shape index (κ2) is 13.9. The van der Waals surface area contributed by atoms with Crippen LogP contribution in [0.2, 0.25) is 0 Å². The molecule has 0 saturated heterocycles. The molecule has 12 heteroatoms. The standard InChI is InChI=1S/C27H42N3O8P/c1-9-38-39(35,14-18(12-16(2)3)24(31)29-19(13-17(4)5)25(32)28-6)15-30-26(33)22-20(36-7)10-11-21(37-8)23(22)27(30)34/h10-11,16-19H,9,12-15H2,1-8H3,(H,28,32)(H,29,31)/t18?,19-,39?/m0/s1. The van der Waals surface area contributed by atoms with Gasteiger partial charge < -0.3 is 24.6 Å². The van der Waals surface area contributed by atoms with Crippen molar-refractivity contribution in [2.45, 2.75) is 53.5 Å². The monoisotopic (exact) mass is 567 g/mol. The van der Waals surface area contributed by atoms with Crippen LogP contribution in [0.25, 0.3) is 0 Å². The van der Waals surface area contributed by atoms with Gasteiger partial charge in [-0.3, -0.25) is 28.6 Å². The van der Waals surface area contributed by atoms with Gasteiger partial charge in [0.2, 0.25) is 19.2 Å². The van der Waals surface area contributed by atoms with E-state index < -0.39 is 43.3 Å². The average molecular weight is 568 g/mol. The molecule has 0 saturated carbocycles. The molecule has 1 aromatic carbocycles. The van der Waals surface area contributed by atoms with Crippen molar-refractivity contribution in [2.75, 3.05) is 40.3 Å². The van der Waals surface area contributed by atoms with Crippen LogP contribution in [0.15, 0.2) is 12.1 Å². The molecule has 2 rings (SSSR count). The molecule has 2 N–H and O–H groups in total. The Morgan fingerprint density at radius 2 is 1.44 bits per heavy atom. The Balaban J connectivity index is 2.38. The number of methoxy groups -OCH3 is 2. The number of amides is 4. The van der Waals surface area contributed by atoms with Crippen LogP contribution in [0, 0.1) is 17.8 Å². The number of hydrogen-bond donors (Lipinski definition) is 2. The first kappa shape index (κ1) is 32.3. The van der Waals surface area contributed by atoms with E-state index >= 15 is 0 Å². The molecule has 0 spiro atoms. The van der Waals surface area contributed by atoms with Gasteiger partial charge in [0.1, 0.15) is 23.8 Å². The predicted octanol–water partition coefficient (Wildman–Crippen LogP) is 3.51. The molecule has 1 aliphatic rings. The van der Waals surface area contributed by atoms with Crippen molar-refractivity contribution >= 4 is 31.0 Å². The number of ether oxygens (including phenoxy) is 2. The third-order valence-electron chi connectivity index (χ3n) is 6.42. The highest BCUT2D eigenvalue weighted by Crippen LogP contribution is 2.52. The van der Waals surface area contributed by atoms with E-state index in [2.05, 4.69) is 10.6 Å². The highest BCUT2D eigenvalue weighted by atomic mass is 31.2. The fourth-order valence-corrected chi connectivity index (χ4v) is 7.21. The normalized spacial score (nSPS) is 16.1. The molecule has 4 amide bonds. The van der Waals surface area contributed by atoms with Crippen molar-refractivity contribution in [2.24, 2.45) is 17.8 Å². The summed E-state index contributed by atoms with van der Waals surface area (Å²) in [5.74, 6) is -2.27. The van der Waals surface area contributed by atoms with Crippen LogP contribution < -0.4 is 20.1 Å². The smallest absolute Gasteiger partial charge is 0.265 e. The van der Waals surface area contributed by atoms with E-state index in [1.165, 1.54) is 33.4 Å². The molecular weight excluding hydrogens is 525 g/mol. The molecule has 39 heavy (non-hydrogen) atoms. The minimum absolute atomic E-state index is 0.0310. The topological polar surface area (TPSA) is 140 Å². The summed E-state index contributed by atoms with van der Waals surface area (Å²) >= 11 is 0. The summed E-state index contributed by atoms with van der Waals surface area (Å²) in [6, 6.07) is 2.30. The quantitative estimate of drug-likeness (QED) is 0.242. The Bertz CT molecular complexity index is 1080. The second-order valence-corrected chi connectivity index (χ2v) is 13.0. The summed E-state index contributed by atoms with van der Waals surface area (Å²) in [6.07, 6.45) is 0.0946. The van der Waals surface area contributed by atoms with E-state index in [1.54, 1.807) is 6.92 Å². The number of likely N-dealkylation sites (N-methyl/N-ethyl adjacent to an activating group) is 1. The maximum Gasteiger partial charge on any atom is 0.265 e. The first-order valence-corrected chi connectivity index (χ1v) is 15.2. The van der Waals surface area contributed by atoms with Crippen molar-refractivity contribution < 1.29 is 37.7 Å². The van der Waals surface area contributed by atoms with Gasteiger partial charge in [0, 0.05) is 19.1 Å². The lowest BCUT2D eigenvalue weighted by molar-refractivity contribution is -0.131. The highest BCUT2D eigenvalue weighted by Gasteiger charge is 2.45. The summed E-state index contributed by atoms with van der Waals surface area (Å²) in [5, 5.41) is 5.39. The van der Waals surface area contributed by atoms with Gasteiger partial charge >= 0.3 is 0 Å². The summed E-state index contributed by atoms with van der Waals surface area (Å²) in [7, 11) is 0.523. The Hall–Kier alpha value is -2.91. The van der Waals surface area contributed by atoms with E-state index in [4.69, 9.17) is 14.0 Å². The van der Waals surface area contributed by atoms with Crippen LogP contribution in [0.3, 0.4) is 0 Å². The van der Waals surface area contributed by atoms with Gasteiger partial charge in [-0.25, -0.2) is 0 Å². The molecule has 0 radical (unpaired) electrons. The van der Waals surface area contributed by atoms with E-state index in [0.717, 1.165) is 4.90 Å². The Labute approximate surface area is 230 Å². The number of imide groups is 1. The summed E-state index contributed by atoms with van der Waals surface area (Å²) in [6.45, 7) is 9.46. The summed E-state index contributed by atoms with van der Waals surface area (Å²) in [5.41, 5.74) is 0.0620. The fourth-order valence-electron chi connectivity index (χ4n) is 4.76. The Morgan fingerprint density at radius 1 is 0.923 bits per heavy atom. The van der Waals surface area contributed by atoms with E-state index in [1.807, 2.05) is 27.7 Å². The zero-order valence-corrected chi connectivity index (χ0v) is 25.1. The number of nitrogens with zero attached hydrogens (tertiary/aromatic N) is 1. The van der Waals surface area contributed by atoms with E-state index in [9.17, 15) is 23.7 Å². The van der Waals surface area contributed by atoms with Crippen LogP contribution >= 0.6 is 7.37 Å². The number of carbonyl (C=O) groups is 4. The predicted molar refractivity (Wildman–Crippen MR) is 147 cm³/mol. The molecule has 0 aliphatic carbocycles. The lowest BCUT2D eigenvalue weighted by atomic mass is 9.96. The van der Waals surface area contributed by atoms with Crippen molar-refractivity contribution in [1.29, 1.82) is 0 Å². The summed E-state index contributed by atoms with van der Waals surface area (Å²) < 4.78 is 30.5. The second-order valence-electron chi connectivity index (χ2n) is 10.4. The number of hydrogen-bond acceptors (Lipinski definition) is 8. The van der Waals surface area contributed by atoms with E-state index in [-0.39, 0.29) is 53.1 Å². The lowest BCUT2D eigenvalue weighted by Crippen LogP contribution is -2.49. The molecule has 1 aromatic rings. The van der Waals surface area contributed by atoms with Crippen LogP contribution in [0.5, 0.6) is 11.5 Å². The average Bonchev–Trinajstić information content (AvgIpc) is 3.11. The van der Waals surface area contributed by atoms with Crippen molar-refractivity contribution in [1.82, 2.24) is 15.5 Å². The van der Waals surface area contributed by atoms with Crippen LogP contribution in [-0.2, 0) is 18.7 Å². The SMILES string of the molecule is CCOP(=O)(CC(CC(C)C)C(=O)N[C@@H](CC(C)C)C(=O)NC)CN1C(=O)c2c(OC)ccc(OC)c2C1=O.